The van der Waals surface area contributed by atoms with Crippen LogP contribution >= 0.6 is 0 Å². The second-order valence-corrected chi connectivity index (χ2v) is 3.90. The van der Waals surface area contributed by atoms with E-state index in [1.165, 1.54) is 0 Å². The van der Waals surface area contributed by atoms with Gasteiger partial charge in [-0.3, -0.25) is 0 Å². The summed E-state index contributed by atoms with van der Waals surface area (Å²) in [6.45, 7) is 5.73. The minimum atomic E-state index is -2.31. The van der Waals surface area contributed by atoms with E-state index in [4.69, 9.17) is 0 Å². The molecule has 0 aromatic carbocycles. The normalized spacial score (nSPS) is 45.2. The Labute approximate surface area is 65.3 Å². The van der Waals surface area contributed by atoms with Crippen molar-refractivity contribution >= 4 is 0 Å². The van der Waals surface area contributed by atoms with Crippen molar-refractivity contribution in [2.24, 2.45) is 17.8 Å². The molecule has 0 amide bonds. The van der Waals surface area contributed by atoms with Crippen LogP contribution < -0.4 is 0 Å². The third-order valence-electron chi connectivity index (χ3n) is 3.14. The Morgan fingerprint density at radius 3 is 2.18 bits per heavy atom. The van der Waals surface area contributed by atoms with E-state index in [0.717, 1.165) is 5.57 Å². The number of fused-ring (bicyclic) bond motifs is 1. The van der Waals surface area contributed by atoms with Gasteiger partial charge in [0.15, 0.2) is 0 Å². The van der Waals surface area contributed by atoms with Gasteiger partial charge in [-0.25, -0.2) is 8.78 Å². The Kier molecular flexibility index (Phi) is 1.22. The first kappa shape index (κ1) is 7.26. The van der Waals surface area contributed by atoms with Crippen molar-refractivity contribution in [2.75, 3.05) is 0 Å². The average molecular weight is 158 g/mol. The van der Waals surface area contributed by atoms with Gasteiger partial charge < -0.3 is 0 Å². The molecule has 0 radical (unpaired) electrons. The largest absolute Gasteiger partial charge is 0.254 e. The highest BCUT2D eigenvalue weighted by Gasteiger charge is 2.71. The maximum Gasteiger partial charge on any atom is 0.254 e. The van der Waals surface area contributed by atoms with Gasteiger partial charge in [-0.05, 0) is 25.7 Å². The summed E-state index contributed by atoms with van der Waals surface area (Å²) in [5, 5.41) is 0. The molecule has 2 unspecified atom stereocenters. The van der Waals surface area contributed by atoms with Crippen LogP contribution in [0.3, 0.4) is 0 Å². The van der Waals surface area contributed by atoms with Gasteiger partial charge in [-0.2, -0.15) is 0 Å². The van der Waals surface area contributed by atoms with Crippen LogP contribution in [-0.2, 0) is 0 Å². The maximum atomic E-state index is 12.6. The lowest BCUT2D eigenvalue weighted by molar-refractivity contribution is 0.0668. The van der Waals surface area contributed by atoms with Crippen LogP contribution in [-0.4, -0.2) is 5.92 Å². The van der Waals surface area contributed by atoms with Crippen LogP contribution in [0.15, 0.2) is 12.2 Å². The van der Waals surface area contributed by atoms with Crippen LogP contribution in [0, 0.1) is 17.8 Å². The molecule has 0 aromatic heterocycles. The number of halogens is 2. The first-order valence-corrected chi connectivity index (χ1v) is 4.06. The van der Waals surface area contributed by atoms with Gasteiger partial charge in [0.05, 0.1) is 0 Å². The molecule has 0 aliphatic heterocycles. The van der Waals surface area contributed by atoms with E-state index >= 15 is 0 Å². The van der Waals surface area contributed by atoms with Gasteiger partial charge in [0, 0.05) is 11.8 Å². The van der Waals surface area contributed by atoms with E-state index in [2.05, 4.69) is 6.58 Å². The zero-order valence-corrected chi connectivity index (χ0v) is 6.61. The van der Waals surface area contributed by atoms with Crippen LogP contribution in [0.4, 0.5) is 8.78 Å². The zero-order valence-electron chi connectivity index (χ0n) is 6.61. The lowest BCUT2D eigenvalue weighted by Gasteiger charge is -2.12. The number of rotatable bonds is 1. The number of hydrogen-bond donors (Lipinski definition) is 0. The molecule has 2 heteroatoms. The fourth-order valence-electron chi connectivity index (χ4n) is 2.22. The second-order valence-electron chi connectivity index (χ2n) is 3.90. The van der Waals surface area contributed by atoms with Gasteiger partial charge in [0.1, 0.15) is 0 Å². The fourth-order valence-corrected chi connectivity index (χ4v) is 2.22. The lowest BCUT2D eigenvalue weighted by Crippen LogP contribution is -2.08. The van der Waals surface area contributed by atoms with Crippen molar-refractivity contribution in [1.29, 1.82) is 0 Å². The van der Waals surface area contributed by atoms with Gasteiger partial charge in [0.2, 0.25) is 0 Å². The summed E-state index contributed by atoms with van der Waals surface area (Å²) < 4.78 is 25.3. The van der Waals surface area contributed by atoms with Crippen molar-refractivity contribution in [1.82, 2.24) is 0 Å². The molecule has 2 rings (SSSR count). The molecule has 2 saturated carbocycles. The number of alkyl halides is 2. The molecule has 2 aliphatic rings. The fraction of sp³-hybridized carbons (Fsp3) is 0.778. The van der Waals surface area contributed by atoms with Crippen molar-refractivity contribution < 1.29 is 8.78 Å². The Morgan fingerprint density at radius 2 is 1.82 bits per heavy atom. The highest BCUT2D eigenvalue weighted by atomic mass is 19.3. The molecule has 2 atom stereocenters. The SMILES string of the molecule is C=C(C)C1CC2C(C1)C2(F)F. The third-order valence-corrected chi connectivity index (χ3v) is 3.14. The molecule has 0 aromatic rings. The standard InChI is InChI=1S/C9H12F2/c1-5(2)6-3-7-8(4-6)9(7,10)11/h6-8H,1,3-4H2,2H3. The van der Waals surface area contributed by atoms with Crippen LogP contribution in [0.1, 0.15) is 19.8 Å². The van der Waals surface area contributed by atoms with Crippen LogP contribution in [0.25, 0.3) is 0 Å². The van der Waals surface area contributed by atoms with Crippen molar-refractivity contribution in [3.05, 3.63) is 12.2 Å². The number of hydrogen-bond acceptors (Lipinski definition) is 0. The average Bonchev–Trinajstić information content (AvgIpc) is 2.28. The molecule has 0 bridgehead atoms. The first-order valence-electron chi connectivity index (χ1n) is 4.06. The minimum absolute atomic E-state index is 0.302. The van der Waals surface area contributed by atoms with Gasteiger partial charge in [-0.15, -0.1) is 0 Å². The predicted octanol–water partition coefficient (Wildman–Crippen LogP) is 2.85. The lowest BCUT2D eigenvalue weighted by atomic mass is 9.96. The molecule has 0 heterocycles. The highest BCUT2D eigenvalue weighted by molar-refractivity contribution is 5.16. The summed E-state index contributed by atoms with van der Waals surface area (Å²) in [6, 6.07) is 0. The molecule has 11 heavy (non-hydrogen) atoms. The first-order chi connectivity index (χ1) is 5.03. The molecular weight excluding hydrogens is 146 g/mol. The molecule has 2 aliphatic carbocycles. The molecular formula is C9H12F2. The summed E-state index contributed by atoms with van der Waals surface area (Å²) >= 11 is 0. The molecule has 0 nitrogen and oxygen atoms in total. The minimum Gasteiger partial charge on any atom is -0.206 e. The summed E-state index contributed by atoms with van der Waals surface area (Å²) in [5.74, 6) is -2.54. The molecule has 0 spiro atoms. The third kappa shape index (κ3) is 0.846. The van der Waals surface area contributed by atoms with Crippen LogP contribution in [0.5, 0.6) is 0 Å². The smallest absolute Gasteiger partial charge is 0.206 e. The summed E-state index contributed by atoms with van der Waals surface area (Å²) in [6.07, 6.45) is 1.35. The van der Waals surface area contributed by atoms with E-state index in [-0.39, 0.29) is 11.8 Å². The maximum absolute atomic E-state index is 12.6. The summed E-state index contributed by atoms with van der Waals surface area (Å²) in [5.41, 5.74) is 1.08. The predicted molar refractivity (Wildman–Crippen MR) is 39.5 cm³/mol. The Hall–Kier alpha value is -0.400. The molecule has 0 N–H and O–H groups in total. The van der Waals surface area contributed by atoms with Crippen molar-refractivity contribution in [3.8, 4) is 0 Å². The van der Waals surface area contributed by atoms with E-state index < -0.39 is 5.92 Å². The molecule has 0 saturated heterocycles. The van der Waals surface area contributed by atoms with Crippen LogP contribution in [0.2, 0.25) is 0 Å². The monoisotopic (exact) mass is 158 g/mol. The highest BCUT2D eigenvalue weighted by Crippen LogP contribution is 2.66. The van der Waals surface area contributed by atoms with E-state index in [0.29, 0.717) is 18.8 Å². The summed E-state index contributed by atoms with van der Waals surface area (Å²) in [4.78, 5) is 0. The number of allylic oxidation sites excluding steroid dienone is 1. The topological polar surface area (TPSA) is 0 Å². The van der Waals surface area contributed by atoms with E-state index in [1.807, 2.05) is 6.92 Å². The van der Waals surface area contributed by atoms with Gasteiger partial charge in [-0.1, -0.05) is 12.2 Å². The van der Waals surface area contributed by atoms with Gasteiger partial charge >= 0.3 is 0 Å². The zero-order chi connectivity index (χ0) is 8.22. The van der Waals surface area contributed by atoms with E-state index in [1.54, 1.807) is 0 Å². The second kappa shape index (κ2) is 1.85. The Morgan fingerprint density at radius 1 is 1.36 bits per heavy atom. The summed E-state index contributed by atoms with van der Waals surface area (Å²) in [7, 11) is 0. The van der Waals surface area contributed by atoms with Crippen molar-refractivity contribution in [3.63, 3.8) is 0 Å². The van der Waals surface area contributed by atoms with E-state index in [9.17, 15) is 8.78 Å². The Balaban J connectivity index is 2.00. The van der Waals surface area contributed by atoms with Crippen molar-refractivity contribution in [2.45, 2.75) is 25.7 Å². The quantitative estimate of drug-likeness (QED) is 0.515. The Bertz CT molecular complexity index is 194. The molecule has 62 valence electrons. The van der Waals surface area contributed by atoms with Gasteiger partial charge in [0.25, 0.3) is 5.92 Å². The molecule has 2 fully saturated rings.